The third-order valence-electron chi connectivity index (χ3n) is 3.90. The molecule has 134 valence electrons. The highest BCUT2D eigenvalue weighted by Gasteiger charge is 2.06. The highest BCUT2D eigenvalue weighted by molar-refractivity contribution is 6.31. The molecule has 0 amide bonds. The van der Waals surface area contributed by atoms with Gasteiger partial charge in [-0.25, -0.2) is 4.98 Å². The molecule has 3 aromatic rings. The molecule has 0 aliphatic carbocycles. The summed E-state index contributed by atoms with van der Waals surface area (Å²) in [5.74, 6) is 2.17. The number of para-hydroxylation sites is 1. The topological polar surface area (TPSA) is 59.1 Å². The number of ether oxygens (including phenoxy) is 1. The fourth-order valence-electron chi connectivity index (χ4n) is 2.59. The van der Waals surface area contributed by atoms with Gasteiger partial charge in [0, 0.05) is 35.4 Å². The van der Waals surface area contributed by atoms with E-state index in [-0.39, 0.29) is 0 Å². The average molecular weight is 369 g/mol. The number of rotatable bonds is 7. The van der Waals surface area contributed by atoms with E-state index in [0.29, 0.717) is 19.0 Å². The van der Waals surface area contributed by atoms with E-state index >= 15 is 0 Å². The number of aryl methyl sites for hydroxylation is 1. The molecule has 1 aromatic heterocycles. The van der Waals surface area contributed by atoms with E-state index in [2.05, 4.69) is 20.6 Å². The molecule has 0 saturated carbocycles. The first kappa shape index (κ1) is 18.0. The number of hydrogen-bond donors (Lipinski definition) is 2. The van der Waals surface area contributed by atoms with Crippen LogP contribution in [0.15, 0.2) is 54.6 Å². The molecule has 0 unspecified atom stereocenters. The van der Waals surface area contributed by atoms with Crippen LogP contribution >= 0.6 is 11.6 Å². The van der Waals surface area contributed by atoms with Crippen molar-refractivity contribution in [2.75, 3.05) is 17.7 Å². The summed E-state index contributed by atoms with van der Waals surface area (Å²) >= 11 is 6.19. The van der Waals surface area contributed by atoms with E-state index in [9.17, 15) is 0 Å². The van der Waals surface area contributed by atoms with Crippen molar-refractivity contribution in [3.05, 3.63) is 76.4 Å². The Labute approximate surface area is 158 Å². The summed E-state index contributed by atoms with van der Waals surface area (Å²) in [5.41, 5.74) is 2.95. The second-order valence-electron chi connectivity index (χ2n) is 5.83. The molecule has 2 N–H and O–H groups in total. The van der Waals surface area contributed by atoms with E-state index in [1.54, 1.807) is 7.11 Å². The monoisotopic (exact) mass is 368 g/mol. The van der Waals surface area contributed by atoms with Gasteiger partial charge in [-0.05, 0) is 24.6 Å². The second-order valence-corrected chi connectivity index (χ2v) is 6.24. The van der Waals surface area contributed by atoms with Gasteiger partial charge in [0.15, 0.2) is 0 Å². The molecule has 0 radical (unpaired) electrons. The Morgan fingerprint density at radius 1 is 0.923 bits per heavy atom. The standard InChI is InChI=1S/C20H21ClN4O/c1-14-11-19(22-13-16-8-4-6-10-18(16)26-2)25-20(24-14)23-12-15-7-3-5-9-17(15)21/h3-11H,12-13H2,1-2H3,(H2,22,23,24,25). The molecule has 0 fully saturated rings. The Kier molecular flexibility index (Phi) is 5.92. The maximum atomic E-state index is 6.19. The van der Waals surface area contributed by atoms with Gasteiger partial charge in [0.1, 0.15) is 11.6 Å². The van der Waals surface area contributed by atoms with E-state index < -0.39 is 0 Å². The highest BCUT2D eigenvalue weighted by Crippen LogP contribution is 2.20. The average Bonchev–Trinajstić information content (AvgIpc) is 2.65. The van der Waals surface area contributed by atoms with E-state index in [1.807, 2.05) is 61.5 Å². The highest BCUT2D eigenvalue weighted by atomic mass is 35.5. The summed E-state index contributed by atoms with van der Waals surface area (Å²) in [7, 11) is 1.67. The fraction of sp³-hybridized carbons (Fsp3) is 0.200. The normalized spacial score (nSPS) is 10.4. The fourth-order valence-corrected chi connectivity index (χ4v) is 2.79. The van der Waals surface area contributed by atoms with Crippen molar-refractivity contribution in [1.82, 2.24) is 9.97 Å². The van der Waals surface area contributed by atoms with Crippen molar-refractivity contribution in [1.29, 1.82) is 0 Å². The minimum Gasteiger partial charge on any atom is -0.496 e. The van der Waals surface area contributed by atoms with Crippen LogP contribution in [0.25, 0.3) is 0 Å². The summed E-state index contributed by atoms with van der Waals surface area (Å²) in [6, 6.07) is 17.5. The number of benzene rings is 2. The van der Waals surface area contributed by atoms with E-state index in [4.69, 9.17) is 16.3 Å². The predicted octanol–water partition coefficient (Wildman–Crippen LogP) is 4.67. The van der Waals surface area contributed by atoms with Crippen molar-refractivity contribution in [2.45, 2.75) is 20.0 Å². The smallest absolute Gasteiger partial charge is 0.225 e. The van der Waals surface area contributed by atoms with Gasteiger partial charge >= 0.3 is 0 Å². The Bertz CT molecular complexity index is 885. The van der Waals surface area contributed by atoms with Crippen LogP contribution in [0.4, 0.5) is 11.8 Å². The first-order chi connectivity index (χ1) is 12.7. The summed E-state index contributed by atoms with van der Waals surface area (Å²) < 4.78 is 5.38. The maximum absolute atomic E-state index is 6.19. The molecule has 5 nitrogen and oxygen atoms in total. The Hall–Kier alpha value is -2.79. The molecular formula is C20H21ClN4O. The Morgan fingerprint density at radius 2 is 1.62 bits per heavy atom. The number of nitrogens with one attached hydrogen (secondary N) is 2. The first-order valence-electron chi connectivity index (χ1n) is 8.34. The molecule has 0 saturated heterocycles. The molecule has 3 rings (SSSR count). The molecule has 0 aliphatic rings. The van der Waals surface area contributed by atoms with Crippen LogP contribution in [0.5, 0.6) is 5.75 Å². The summed E-state index contributed by atoms with van der Waals surface area (Å²) in [5, 5.41) is 7.29. The lowest BCUT2D eigenvalue weighted by Crippen LogP contribution is -2.08. The van der Waals surface area contributed by atoms with Crippen molar-refractivity contribution < 1.29 is 4.74 Å². The SMILES string of the molecule is COc1ccccc1CNc1cc(C)nc(NCc2ccccc2Cl)n1. The largest absolute Gasteiger partial charge is 0.496 e. The first-order valence-corrected chi connectivity index (χ1v) is 8.72. The number of nitrogens with zero attached hydrogens (tertiary/aromatic N) is 2. The van der Waals surface area contributed by atoms with Crippen LogP contribution < -0.4 is 15.4 Å². The zero-order chi connectivity index (χ0) is 18.4. The van der Waals surface area contributed by atoms with Crippen LogP contribution in [0.1, 0.15) is 16.8 Å². The van der Waals surface area contributed by atoms with Gasteiger partial charge in [0.25, 0.3) is 0 Å². The summed E-state index contributed by atoms with van der Waals surface area (Å²) in [4.78, 5) is 8.97. The van der Waals surface area contributed by atoms with Crippen LogP contribution in [0, 0.1) is 6.92 Å². The van der Waals surface area contributed by atoms with Gasteiger partial charge in [0.05, 0.1) is 7.11 Å². The predicted molar refractivity (Wildman–Crippen MR) is 106 cm³/mol. The van der Waals surface area contributed by atoms with Gasteiger partial charge in [-0.1, -0.05) is 48.0 Å². The third-order valence-corrected chi connectivity index (χ3v) is 4.27. The Balaban J connectivity index is 1.68. The van der Waals surface area contributed by atoms with Crippen LogP contribution in [-0.2, 0) is 13.1 Å². The molecule has 6 heteroatoms. The molecule has 26 heavy (non-hydrogen) atoms. The second kappa shape index (κ2) is 8.54. The Morgan fingerprint density at radius 3 is 2.38 bits per heavy atom. The molecule has 0 spiro atoms. The van der Waals surface area contributed by atoms with Gasteiger partial charge in [-0.3, -0.25) is 0 Å². The third kappa shape index (κ3) is 4.64. The van der Waals surface area contributed by atoms with E-state index in [0.717, 1.165) is 33.4 Å². The van der Waals surface area contributed by atoms with Gasteiger partial charge in [-0.15, -0.1) is 0 Å². The molecular weight excluding hydrogens is 348 g/mol. The van der Waals surface area contributed by atoms with Crippen molar-refractivity contribution in [3.8, 4) is 5.75 Å². The van der Waals surface area contributed by atoms with Crippen LogP contribution in [0.3, 0.4) is 0 Å². The van der Waals surface area contributed by atoms with Gasteiger partial charge in [0.2, 0.25) is 5.95 Å². The number of hydrogen-bond acceptors (Lipinski definition) is 5. The molecule has 1 heterocycles. The lowest BCUT2D eigenvalue weighted by molar-refractivity contribution is 0.410. The number of methoxy groups -OCH3 is 1. The van der Waals surface area contributed by atoms with Crippen LogP contribution in [-0.4, -0.2) is 17.1 Å². The molecule has 0 atom stereocenters. The van der Waals surface area contributed by atoms with Crippen molar-refractivity contribution in [2.24, 2.45) is 0 Å². The molecule has 2 aromatic carbocycles. The van der Waals surface area contributed by atoms with Gasteiger partial charge in [-0.2, -0.15) is 4.98 Å². The van der Waals surface area contributed by atoms with E-state index in [1.165, 1.54) is 0 Å². The van der Waals surface area contributed by atoms with Gasteiger partial charge < -0.3 is 15.4 Å². The molecule has 0 bridgehead atoms. The minimum absolute atomic E-state index is 0.562. The minimum atomic E-state index is 0.562. The zero-order valence-electron chi connectivity index (χ0n) is 14.8. The lowest BCUT2D eigenvalue weighted by atomic mass is 10.2. The summed E-state index contributed by atoms with van der Waals surface area (Å²) in [6.45, 7) is 3.12. The van der Waals surface area contributed by atoms with Crippen molar-refractivity contribution >= 4 is 23.4 Å². The number of anilines is 2. The zero-order valence-corrected chi connectivity index (χ0v) is 15.5. The summed E-state index contributed by atoms with van der Waals surface area (Å²) in [6.07, 6.45) is 0. The van der Waals surface area contributed by atoms with Crippen molar-refractivity contribution in [3.63, 3.8) is 0 Å². The van der Waals surface area contributed by atoms with Crippen LogP contribution in [0.2, 0.25) is 5.02 Å². The maximum Gasteiger partial charge on any atom is 0.225 e. The number of aromatic nitrogens is 2. The molecule has 0 aliphatic heterocycles. The lowest BCUT2D eigenvalue weighted by Gasteiger charge is -2.12. The number of halogens is 1. The quantitative estimate of drug-likeness (QED) is 0.634.